The minimum Gasteiger partial charge on any atom is -0.381 e. The SMILES string of the molecule is CN(CC1CCCN1C)C(=O)Nc1ncc(C2CCOCC2)s1. The standard InChI is InChI=1S/C16H26N4O2S/c1-19-7-3-4-13(19)11-20(2)16(21)18-15-17-10-14(23-15)12-5-8-22-9-6-12/h10,12-13H,3-9,11H2,1-2H3,(H,17,18,21). The Morgan fingerprint density at radius 3 is 2.96 bits per heavy atom. The van der Waals surface area contributed by atoms with Crippen molar-refractivity contribution in [3.63, 3.8) is 0 Å². The summed E-state index contributed by atoms with van der Waals surface area (Å²) in [6.07, 6.45) is 6.38. The lowest BCUT2D eigenvalue weighted by atomic mass is 9.99. The second kappa shape index (κ2) is 7.59. The number of thiazole rings is 1. The van der Waals surface area contributed by atoms with Crippen LogP contribution in [0.25, 0.3) is 0 Å². The Hall–Kier alpha value is -1.18. The summed E-state index contributed by atoms with van der Waals surface area (Å²) in [5.41, 5.74) is 0. The van der Waals surface area contributed by atoms with Crippen molar-refractivity contribution in [1.82, 2.24) is 14.8 Å². The average Bonchev–Trinajstić information content (AvgIpc) is 3.18. The third-order valence-electron chi connectivity index (χ3n) is 4.86. The highest BCUT2D eigenvalue weighted by Crippen LogP contribution is 2.32. The van der Waals surface area contributed by atoms with Crippen molar-refractivity contribution in [1.29, 1.82) is 0 Å². The lowest BCUT2D eigenvalue weighted by molar-refractivity contribution is 0.0860. The zero-order chi connectivity index (χ0) is 16.2. The van der Waals surface area contributed by atoms with Crippen molar-refractivity contribution < 1.29 is 9.53 Å². The average molecular weight is 338 g/mol. The molecule has 1 N–H and O–H groups in total. The van der Waals surface area contributed by atoms with Crippen LogP contribution in [0, 0.1) is 0 Å². The number of amides is 2. The number of hydrogen-bond acceptors (Lipinski definition) is 5. The molecule has 23 heavy (non-hydrogen) atoms. The van der Waals surface area contributed by atoms with Gasteiger partial charge in [-0.1, -0.05) is 0 Å². The van der Waals surface area contributed by atoms with Gasteiger partial charge >= 0.3 is 6.03 Å². The van der Waals surface area contributed by atoms with Crippen LogP contribution in [0.3, 0.4) is 0 Å². The van der Waals surface area contributed by atoms with E-state index in [2.05, 4.69) is 22.2 Å². The fourth-order valence-electron chi connectivity index (χ4n) is 3.31. The van der Waals surface area contributed by atoms with Crippen molar-refractivity contribution in [2.75, 3.05) is 45.7 Å². The highest BCUT2D eigenvalue weighted by molar-refractivity contribution is 7.15. The molecule has 1 aromatic heterocycles. The van der Waals surface area contributed by atoms with Crippen molar-refractivity contribution in [3.05, 3.63) is 11.1 Å². The number of hydrogen-bond donors (Lipinski definition) is 1. The molecule has 1 unspecified atom stereocenters. The van der Waals surface area contributed by atoms with Crippen molar-refractivity contribution in [3.8, 4) is 0 Å². The maximum absolute atomic E-state index is 12.3. The number of anilines is 1. The fourth-order valence-corrected chi connectivity index (χ4v) is 4.29. The second-order valence-electron chi connectivity index (χ2n) is 6.54. The number of ether oxygens (including phenoxy) is 1. The molecule has 128 valence electrons. The van der Waals surface area contributed by atoms with Gasteiger partial charge in [0.2, 0.25) is 0 Å². The van der Waals surface area contributed by atoms with Crippen LogP contribution >= 0.6 is 11.3 Å². The van der Waals surface area contributed by atoms with E-state index in [9.17, 15) is 4.79 Å². The summed E-state index contributed by atoms with van der Waals surface area (Å²) in [6.45, 7) is 3.53. The third kappa shape index (κ3) is 4.22. The molecule has 7 heteroatoms. The van der Waals surface area contributed by atoms with E-state index < -0.39 is 0 Å². The molecule has 2 aliphatic rings. The molecule has 3 rings (SSSR count). The fraction of sp³-hybridized carbons (Fsp3) is 0.750. The number of carbonyl (C=O) groups is 1. The van der Waals surface area contributed by atoms with Crippen LogP contribution in [0.2, 0.25) is 0 Å². The first-order valence-electron chi connectivity index (χ1n) is 8.39. The topological polar surface area (TPSA) is 57.7 Å². The number of nitrogens with one attached hydrogen (secondary N) is 1. The van der Waals surface area contributed by atoms with Crippen LogP contribution in [0.1, 0.15) is 36.5 Å². The molecule has 0 bridgehead atoms. The van der Waals surface area contributed by atoms with Gasteiger partial charge in [0.1, 0.15) is 0 Å². The summed E-state index contributed by atoms with van der Waals surface area (Å²) >= 11 is 1.59. The van der Waals surface area contributed by atoms with Crippen LogP contribution < -0.4 is 5.32 Å². The zero-order valence-corrected chi connectivity index (χ0v) is 14.8. The molecule has 6 nitrogen and oxygen atoms in total. The van der Waals surface area contributed by atoms with Crippen molar-refractivity contribution in [2.24, 2.45) is 0 Å². The number of aromatic nitrogens is 1. The monoisotopic (exact) mass is 338 g/mol. The molecular weight excluding hydrogens is 312 g/mol. The Kier molecular flexibility index (Phi) is 5.50. The summed E-state index contributed by atoms with van der Waals surface area (Å²) in [4.78, 5) is 22.1. The van der Waals surface area contributed by atoms with E-state index in [1.165, 1.54) is 17.7 Å². The van der Waals surface area contributed by atoms with E-state index >= 15 is 0 Å². The Morgan fingerprint density at radius 2 is 2.26 bits per heavy atom. The minimum absolute atomic E-state index is 0.0711. The highest BCUT2D eigenvalue weighted by atomic mass is 32.1. The summed E-state index contributed by atoms with van der Waals surface area (Å²) in [5, 5.41) is 3.63. The molecule has 0 saturated carbocycles. The number of carbonyl (C=O) groups excluding carboxylic acids is 1. The van der Waals surface area contributed by atoms with Gasteiger partial charge < -0.3 is 14.5 Å². The second-order valence-corrected chi connectivity index (χ2v) is 7.60. The van der Waals surface area contributed by atoms with Gasteiger partial charge in [-0.05, 0) is 45.2 Å². The number of likely N-dealkylation sites (N-methyl/N-ethyl adjacent to an activating group) is 2. The van der Waals surface area contributed by atoms with Gasteiger partial charge in [0.15, 0.2) is 5.13 Å². The largest absolute Gasteiger partial charge is 0.381 e. The quantitative estimate of drug-likeness (QED) is 0.917. The molecule has 2 saturated heterocycles. The predicted octanol–water partition coefficient (Wildman–Crippen LogP) is 2.60. The van der Waals surface area contributed by atoms with Crippen LogP contribution in [0.4, 0.5) is 9.93 Å². The van der Waals surface area contributed by atoms with Gasteiger partial charge in [-0.3, -0.25) is 5.32 Å². The first kappa shape index (κ1) is 16.7. The Labute approximate surface area is 141 Å². The third-order valence-corrected chi connectivity index (χ3v) is 5.94. The van der Waals surface area contributed by atoms with E-state index in [4.69, 9.17) is 4.74 Å². The normalized spacial score (nSPS) is 23.1. The summed E-state index contributed by atoms with van der Waals surface area (Å²) in [7, 11) is 3.99. The predicted molar refractivity (Wildman–Crippen MR) is 92.2 cm³/mol. The molecule has 0 radical (unpaired) electrons. The minimum atomic E-state index is -0.0711. The van der Waals surface area contributed by atoms with E-state index in [0.717, 1.165) is 39.1 Å². The summed E-state index contributed by atoms with van der Waals surface area (Å²) < 4.78 is 5.40. The van der Waals surface area contributed by atoms with Crippen molar-refractivity contribution >= 4 is 22.5 Å². The Bertz CT molecular complexity index is 530. The summed E-state index contributed by atoms with van der Waals surface area (Å²) in [6, 6.07) is 0.401. The van der Waals surface area contributed by atoms with E-state index in [0.29, 0.717) is 17.1 Å². The molecule has 0 aliphatic carbocycles. The van der Waals surface area contributed by atoms with E-state index in [-0.39, 0.29) is 6.03 Å². The maximum Gasteiger partial charge on any atom is 0.323 e. The molecule has 3 heterocycles. The molecule has 1 atom stereocenters. The molecule has 2 aliphatic heterocycles. The number of nitrogens with zero attached hydrogens (tertiary/aromatic N) is 3. The Morgan fingerprint density at radius 1 is 1.48 bits per heavy atom. The van der Waals surface area contributed by atoms with Gasteiger partial charge in [-0.25, -0.2) is 9.78 Å². The van der Waals surface area contributed by atoms with Gasteiger partial charge in [-0.15, -0.1) is 11.3 Å². The smallest absolute Gasteiger partial charge is 0.323 e. The number of rotatable bonds is 4. The molecule has 0 spiro atoms. The zero-order valence-electron chi connectivity index (χ0n) is 14.0. The van der Waals surface area contributed by atoms with Crippen LogP contribution in [-0.4, -0.2) is 67.3 Å². The van der Waals surface area contributed by atoms with Gasteiger partial charge in [0.05, 0.1) is 0 Å². The molecule has 2 amide bonds. The highest BCUT2D eigenvalue weighted by Gasteiger charge is 2.24. The van der Waals surface area contributed by atoms with E-state index in [1.807, 2.05) is 13.2 Å². The lowest BCUT2D eigenvalue weighted by Gasteiger charge is -2.25. The lowest BCUT2D eigenvalue weighted by Crippen LogP contribution is -2.41. The maximum atomic E-state index is 12.3. The van der Waals surface area contributed by atoms with Crippen LogP contribution in [-0.2, 0) is 4.74 Å². The van der Waals surface area contributed by atoms with Gasteiger partial charge in [-0.2, -0.15) is 0 Å². The molecule has 1 aromatic rings. The van der Waals surface area contributed by atoms with Crippen molar-refractivity contribution in [2.45, 2.75) is 37.6 Å². The first-order valence-corrected chi connectivity index (χ1v) is 9.21. The van der Waals surface area contributed by atoms with E-state index in [1.54, 1.807) is 16.2 Å². The number of urea groups is 1. The van der Waals surface area contributed by atoms with Crippen LogP contribution in [0.5, 0.6) is 0 Å². The molecule has 2 fully saturated rings. The van der Waals surface area contributed by atoms with Gasteiger partial charge in [0.25, 0.3) is 0 Å². The van der Waals surface area contributed by atoms with Crippen LogP contribution in [0.15, 0.2) is 6.20 Å². The van der Waals surface area contributed by atoms with Gasteiger partial charge in [0, 0.05) is 43.9 Å². The first-order chi connectivity index (χ1) is 11.1. The number of likely N-dealkylation sites (tertiary alicyclic amines) is 1. The Balaban J connectivity index is 1.52. The molecular formula is C16H26N4O2S. The summed E-state index contributed by atoms with van der Waals surface area (Å²) in [5.74, 6) is 0.525. The molecule has 0 aromatic carbocycles.